The van der Waals surface area contributed by atoms with Crippen molar-refractivity contribution < 1.29 is 0 Å². The van der Waals surface area contributed by atoms with E-state index in [0.29, 0.717) is 0 Å². The first-order valence-corrected chi connectivity index (χ1v) is 11.6. The first-order valence-electron chi connectivity index (χ1n) is 11.6. The van der Waals surface area contributed by atoms with E-state index in [1.165, 1.54) is 5.69 Å². The lowest BCUT2D eigenvalue weighted by Gasteiger charge is -2.34. The number of hydrogen-bond donors (Lipinski definition) is 2. The number of hydrogen-bond acceptors (Lipinski definition) is 6. The number of likely N-dealkylation sites (N-methyl/N-ethyl adjacent to an activating group) is 1. The number of nitrogens with one attached hydrogen (secondary N) is 2. The molecular weight excluding hydrogens is 424 g/mol. The fourth-order valence-corrected chi connectivity index (χ4v) is 4.64. The molecule has 0 unspecified atom stereocenters. The van der Waals surface area contributed by atoms with E-state index in [9.17, 15) is 0 Å². The van der Waals surface area contributed by atoms with E-state index in [4.69, 9.17) is 4.98 Å². The predicted octanol–water partition coefficient (Wildman–Crippen LogP) is 3.99. The highest BCUT2D eigenvalue weighted by Gasteiger charge is 2.20. The molecule has 34 heavy (non-hydrogen) atoms. The highest BCUT2D eigenvalue weighted by Crippen LogP contribution is 2.33. The third-order valence-corrected chi connectivity index (χ3v) is 6.70. The van der Waals surface area contributed by atoms with Gasteiger partial charge in [0.2, 0.25) is 0 Å². The number of H-pyrrole nitrogens is 2. The van der Waals surface area contributed by atoms with Crippen molar-refractivity contribution in [2.45, 2.75) is 0 Å². The SMILES string of the molecule is CN1CCN(c2cccc3[nH]c(-c4n[nH]c5ccc(-c6cncc(N(C)C)c6)cc45)nc23)CC1. The fourth-order valence-electron chi connectivity index (χ4n) is 4.64. The number of nitrogens with zero attached hydrogens (tertiary/aromatic N) is 6. The van der Waals surface area contributed by atoms with Crippen LogP contribution < -0.4 is 9.80 Å². The molecule has 6 rings (SSSR count). The Kier molecular flexibility index (Phi) is 4.95. The number of benzene rings is 2. The van der Waals surface area contributed by atoms with E-state index >= 15 is 0 Å². The van der Waals surface area contributed by atoms with Crippen LogP contribution in [0.3, 0.4) is 0 Å². The lowest BCUT2D eigenvalue weighted by atomic mass is 10.0. The van der Waals surface area contributed by atoms with E-state index in [-0.39, 0.29) is 0 Å². The van der Waals surface area contributed by atoms with Gasteiger partial charge in [-0.1, -0.05) is 12.1 Å². The summed E-state index contributed by atoms with van der Waals surface area (Å²) in [6.07, 6.45) is 3.77. The number of piperazine rings is 1. The van der Waals surface area contributed by atoms with Crippen molar-refractivity contribution >= 4 is 33.3 Å². The van der Waals surface area contributed by atoms with Crippen molar-refractivity contribution in [3.05, 3.63) is 54.9 Å². The summed E-state index contributed by atoms with van der Waals surface area (Å²) in [7, 11) is 6.22. The van der Waals surface area contributed by atoms with Crippen molar-refractivity contribution in [3.63, 3.8) is 0 Å². The summed E-state index contributed by atoms with van der Waals surface area (Å²) in [5, 5.41) is 8.84. The van der Waals surface area contributed by atoms with Crippen LogP contribution in [0.2, 0.25) is 0 Å². The maximum Gasteiger partial charge on any atom is 0.159 e. The number of aromatic nitrogens is 5. The number of fused-ring (bicyclic) bond motifs is 2. The smallest absolute Gasteiger partial charge is 0.159 e. The largest absolute Gasteiger partial charge is 0.376 e. The Hall–Kier alpha value is -3.91. The molecule has 2 aromatic carbocycles. The molecule has 2 N–H and O–H groups in total. The molecule has 0 bridgehead atoms. The molecule has 1 fully saturated rings. The van der Waals surface area contributed by atoms with Gasteiger partial charge in [-0.05, 0) is 42.9 Å². The van der Waals surface area contributed by atoms with Crippen LogP contribution >= 0.6 is 0 Å². The minimum absolute atomic E-state index is 0.778. The second-order valence-corrected chi connectivity index (χ2v) is 9.21. The van der Waals surface area contributed by atoms with Gasteiger partial charge in [0.05, 0.1) is 28.6 Å². The van der Waals surface area contributed by atoms with Gasteiger partial charge < -0.3 is 19.7 Å². The zero-order chi connectivity index (χ0) is 23.2. The molecule has 1 aliphatic rings. The van der Waals surface area contributed by atoms with E-state index in [2.05, 4.69) is 84.4 Å². The van der Waals surface area contributed by atoms with Gasteiger partial charge in [0.1, 0.15) is 11.2 Å². The van der Waals surface area contributed by atoms with Crippen molar-refractivity contribution in [3.8, 4) is 22.6 Å². The minimum atomic E-state index is 0.778. The molecule has 0 atom stereocenters. The Bertz CT molecular complexity index is 1470. The first kappa shape index (κ1) is 20.7. The number of pyridine rings is 1. The molecular formula is C26H28N8. The lowest BCUT2D eigenvalue weighted by Crippen LogP contribution is -2.44. The second-order valence-electron chi connectivity index (χ2n) is 9.21. The number of imidazole rings is 1. The quantitative estimate of drug-likeness (QED) is 0.429. The van der Waals surface area contributed by atoms with Crippen molar-refractivity contribution in [2.24, 2.45) is 0 Å². The maximum absolute atomic E-state index is 5.03. The molecule has 0 amide bonds. The van der Waals surface area contributed by atoms with Gasteiger partial charge in [0.15, 0.2) is 5.82 Å². The standard InChI is InChI=1S/C26H28N8/c1-32(2)19-13-18(15-27-16-19)17-7-8-21-20(14-17)24(31-30-21)26-28-22-5-4-6-23(25(22)29-26)34-11-9-33(3)10-12-34/h4-8,13-16H,9-12H2,1-3H3,(H,28,29)(H,30,31). The maximum atomic E-state index is 5.03. The van der Waals surface area contributed by atoms with Gasteiger partial charge in [-0.25, -0.2) is 4.98 Å². The Labute approximate surface area is 198 Å². The molecule has 8 nitrogen and oxygen atoms in total. The molecule has 1 saturated heterocycles. The van der Waals surface area contributed by atoms with Crippen LogP contribution in [0.15, 0.2) is 54.9 Å². The highest BCUT2D eigenvalue weighted by molar-refractivity contribution is 5.97. The molecule has 5 aromatic rings. The molecule has 0 radical (unpaired) electrons. The summed E-state index contributed by atoms with van der Waals surface area (Å²) in [4.78, 5) is 19.8. The summed E-state index contributed by atoms with van der Waals surface area (Å²) in [6.45, 7) is 4.13. The molecule has 172 valence electrons. The van der Waals surface area contributed by atoms with Crippen LogP contribution in [-0.2, 0) is 0 Å². The number of rotatable bonds is 4. The normalized spacial score (nSPS) is 14.9. The average Bonchev–Trinajstić information content (AvgIpc) is 3.48. The zero-order valence-corrected chi connectivity index (χ0v) is 19.7. The van der Waals surface area contributed by atoms with Gasteiger partial charge in [-0.3, -0.25) is 10.1 Å². The molecule has 0 saturated carbocycles. The molecule has 3 aromatic heterocycles. The molecule has 8 heteroatoms. The number of anilines is 2. The van der Waals surface area contributed by atoms with Crippen LogP contribution in [0.25, 0.3) is 44.6 Å². The van der Waals surface area contributed by atoms with Crippen LogP contribution in [0, 0.1) is 0 Å². The van der Waals surface area contributed by atoms with E-state index in [0.717, 1.165) is 76.4 Å². The lowest BCUT2D eigenvalue weighted by molar-refractivity contribution is 0.313. The number of para-hydroxylation sites is 1. The van der Waals surface area contributed by atoms with Crippen LogP contribution in [0.1, 0.15) is 0 Å². The summed E-state index contributed by atoms with van der Waals surface area (Å²) in [5.74, 6) is 0.778. The molecule has 4 heterocycles. The van der Waals surface area contributed by atoms with Gasteiger partial charge in [-0.15, -0.1) is 0 Å². The molecule has 0 spiro atoms. The van der Waals surface area contributed by atoms with Gasteiger partial charge in [0, 0.05) is 57.4 Å². The van der Waals surface area contributed by atoms with Gasteiger partial charge in [-0.2, -0.15) is 5.10 Å². The van der Waals surface area contributed by atoms with E-state index in [1.807, 2.05) is 26.5 Å². The van der Waals surface area contributed by atoms with Crippen LogP contribution in [-0.4, -0.2) is 77.4 Å². The Balaban J connectivity index is 1.42. The Morgan fingerprint density at radius 1 is 0.912 bits per heavy atom. The van der Waals surface area contributed by atoms with Crippen molar-refractivity contribution in [2.75, 3.05) is 57.1 Å². The highest BCUT2D eigenvalue weighted by atomic mass is 15.3. The first-order chi connectivity index (χ1) is 16.6. The molecule has 0 aliphatic carbocycles. The second kappa shape index (κ2) is 8.14. The number of aromatic amines is 2. The third kappa shape index (κ3) is 3.56. The fraction of sp³-hybridized carbons (Fsp3) is 0.269. The van der Waals surface area contributed by atoms with Gasteiger partial charge in [0.25, 0.3) is 0 Å². The summed E-state index contributed by atoms with van der Waals surface area (Å²) in [5.41, 5.74) is 8.25. The van der Waals surface area contributed by atoms with E-state index < -0.39 is 0 Å². The van der Waals surface area contributed by atoms with Crippen molar-refractivity contribution in [1.82, 2.24) is 30.0 Å². The summed E-state index contributed by atoms with van der Waals surface area (Å²) < 4.78 is 0. The summed E-state index contributed by atoms with van der Waals surface area (Å²) >= 11 is 0. The van der Waals surface area contributed by atoms with Gasteiger partial charge >= 0.3 is 0 Å². The third-order valence-electron chi connectivity index (χ3n) is 6.70. The van der Waals surface area contributed by atoms with E-state index in [1.54, 1.807) is 0 Å². The Morgan fingerprint density at radius 2 is 1.76 bits per heavy atom. The Morgan fingerprint density at radius 3 is 2.59 bits per heavy atom. The minimum Gasteiger partial charge on any atom is -0.376 e. The average molecular weight is 453 g/mol. The topological polar surface area (TPSA) is 80.0 Å². The van der Waals surface area contributed by atoms with Crippen LogP contribution in [0.4, 0.5) is 11.4 Å². The predicted molar refractivity (Wildman–Crippen MR) is 138 cm³/mol. The zero-order valence-electron chi connectivity index (χ0n) is 19.7. The molecule has 1 aliphatic heterocycles. The van der Waals surface area contributed by atoms with Crippen molar-refractivity contribution in [1.29, 1.82) is 0 Å². The summed E-state index contributed by atoms with van der Waals surface area (Å²) in [6, 6.07) is 14.8. The van der Waals surface area contributed by atoms with Crippen LogP contribution in [0.5, 0.6) is 0 Å². The monoisotopic (exact) mass is 452 g/mol.